The van der Waals surface area contributed by atoms with Gasteiger partial charge in [0, 0.05) is 30.0 Å². The average molecular weight is 387 g/mol. The molecule has 1 N–H and O–H groups in total. The minimum Gasteiger partial charge on any atom is -0.350 e. The number of aromatic nitrogens is 1. The van der Waals surface area contributed by atoms with Gasteiger partial charge in [0.2, 0.25) is 5.91 Å². The number of hydrogen-bond acceptors (Lipinski definition) is 3. The van der Waals surface area contributed by atoms with Crippen molar-refractivity contribution in [1.29, 1.82) is 5.26 Å². The Bertz CT molecular complexity index is 789. The van der Waals surface area contributed by atoms with Gasteiger partial charge in [-0.3, -0.25) is 9.59 Å². The molecule has 0 saturated carbocycles. The van der Waals surface area contributed by atoms with Crippen molar-refractivity contribution in [2.24, 2.45) is 5.92 Å². The predicted octanol–water partition coefficient (Wildman–Crippen LogP) is 3.43. The second-order valence-corrected chi connectivity index (χ2v) is 8.62. The molecule has 0 aliphatic carbocycles. The van der Waals surface area contributed by atoms with E-state index in [0.29, 0.717) is 12.5 Å². The van der Waals surface area contributed by atoms with Crippen molar-refractivity contribution in [3.8, 4) is 6.07 Å². The van der Waals surface area contributed by atoms with Gasteiger partial charge >= 0.3 is 0 Å². The maximum absolute atomic E-state index is 12.8. The van der Waals surface area contributed by atoms with Crippen molar-refractivity contribution in [2.75, 3.05) is 13.1 Å². The molecular formula is C22H34N4O2. The smallest absolute Gasteiger partial charge is 0.264 e. The van der Waals surface area contributed by atoms with Gasteiger partial charge in [-0.15, -0.1) is 0 Å². The zero-order valence-corrected chi connectivity index (χ0v) is 18.5. The largest absolute Gasteiger partial charge is 0.350 e. The van der Waals surface area contributed by atoms with Gasteiger partial charge in [-0.05, 0) is 65.2 Å². The van der Waals surface area contributed by atoms with E-state index in [-0.39, 0.29) is 23.6 Å². The highest BCUT2D eigenvalue weighted by Gasteiger charge is 2.22. The summed E-state index contributed by atoms with van der Waals surface area (Å²) in [6, 6.07) is 4.00. The minimum atomic E-state index is -0.428. The van der Waals surface area contributed by atoms with Crippen LogP contribution in [0.1, 0.15) is 58.5 Å². The van der Waals surface area contributed by atoms with Crippen LogP contribution in [0.5, 0.6) is 0 Å². The first-order valence-electron chi connectivity index (χ1n) is 9.78. The fourth-order valence-corrected chi connectivity index (χ4v) is 3.05. The summed E-state index contributed by atoms with van der Waals surface area (Å²) in [4.78, 5) is 26.4. The normalized spacial score (nSPS) is 12.1. The lowest BCUT2D eigenvalue weighted by Crippen LogP contribution is -2.47. The Hall–Kier alpha value is -2.55. The number of carbonyl (C=O) groups is 2. The molecule has 1 heterocycles. The Morgan fingerprint density at radius 2 is 1.93 bits per heavy atom. The van der Waals surface area contributed by atoms with Crippen LogP contribution in [0.25, 0.3) is 6.08 Å². The molecule has 2 amide bonds. The number of aryl methyl sites for hydroxylation is 1. The third kappa shape index (κ3) is 6.56. The number of likely N-dealkylation sites (N-methyl/N-ethyl adjacent to an activating group) is 1. The zero-order chi connectivity index (χ0) is 21.6. The van der Waals surface area contributed by atoms with E-state index in [9.17, 15) is 14.9 Å². The van der Waals surface area contributed by atoms with E-state index in [1.54, 1.807) is 13.0 Å². The van der Waals surface area contributed by atoms with E-state index in [1.807, 2.05) is 46.8 Å². The van der Waals surface area contributed by atoms with Gasteiger partial charge in [-0.1, -0.05) is 13.8 Å². The summed E-state index contributed by atoms with van der Waals surface area (Å²) in [6.07, 6.45) is 1.63. The van der Waals surface area contributed by atoms with Crippen LogP contribution in [-0.2, 0) is 16.1 Å². The molecule has 0 radical (unpaired) electrons. The molecule has 0 aliphatic heterocycles. The van der Waals surface area contributed by atoms with Crippen molar-refractivity contribution in [2.45, 2.75) is 67.5 Å². The molecule has 6 nitrogen and oxygen atoms in total. The van der Waals surface area contributed by atoms with Gasteiger partial charge in [-0.2, -0.15) is 5.26 Å². The first kappa shape index (κ1) is 23.5. The van der Waals surface area contributed by atoms with Gasteiger partial charge in [0.05, 0.1) is 6.54 Å². The molecule has 0 atom stereocenters. The summed E-state index contributed by atoms with van der Waals surface area (Å²) in [5.74, 6) is -0.173. The number of nitrogens with one attached hydrogen (secondary N) is 1. The number of rotatable bonds is 7. The van der Waals surface area contributed by atoms with Crippen LogP contribution in [0.3, 0.4) is 0 Å². The highest BCUT2D eigenvalue weighted by Crippen LogP contribution is 2.20. The molecule has 0 aromatic carbocycles. The third-order valence-corrected chi connectivity index (χ3v) is 4.33. The summed E-state index contributed by atoms with van der Waals surface area (Å²) < 4.78 is 2.20. The van der Waals surface area contributed by atoms with Gasteiger partial charge in [0.25, 0.3) is 5.91 Å². The zero-order valence-electron chi connectivity index (χ0n) is 18.5. The van der Waals surface area contributed by atoms with Gasteiger partial charge in [-0.25, -0.2) is 0 Å². The lowest BCUT2D eigenvalue weighted by atomic mass is 10.1. The molecule has 0 saturated heterocycles. The summed E-state index contributed by atoms with van der Waals surface area (Å²) in [5, 5.41) is 12.4. The van der Waals surface area contributed by atoms with Crippen molar-refractivity contribution in [3.05, 3.63) is 28.6 Å². The summed E-state index contributed by atoms with van der Waals surface area (Å²) in [7, 11) is 0. The Labute approximate surface area is 169 Å². The van der Waals surface area contributed by atoms with Crippen molar-refractivity contribution >= 4 is 17.9 Å². The Kier molecular flexibility index (Phi) is 8.04. The lowest BCUT2D eigenvalue weighted by molar-refractivity contribution is -0.133. The van der Waals surface area contributed by atoms with E-state index in [1.165, 1.54) is 4.90 Å². The number of nitrogens with zero attached hydrogens (tertiary/aromatic N) is 3. The fraction of sp³-hybridized carbons (Fsp3) is 0.591. The molecule has 6 heteroatoms. The quantitative estimate of drug-likeness (QED) is 0.576. The first-order valence-corrected chi connectivity index (χ1v) is 9.78. The van der Waals surface area contributed by atoms with Crippen LogP contribution in [0.15, 0.2) is 11.6 Å². The fourth-order valence-electron chi connectivity index (χ4n) is 3.05. The van der Waals surface area contributed by atoms with Crippen molar-refractivity contribution < 1.29 is 9.59 Å². The van der Waals surface area contributed by atoms with Gasteiger partial charge < -0.3 is 14.8 Å². The molecule has 0 fully saturated rings. The van der Waals surface area contributed by atoms with Crippen LogP contribution < -0.4 is 5.32 Å². The number of nitriles is 1. The highest BCUT2D eigenvalue weighted by molar-refractivity contribution is 6.03. The van der Waals surface area contributed by atoms with E-state index in [2.05, 4.69) is 23.7 Å². The molecule has 154 valence electrons. The number of carbonyl (C=O) groups excluding carboxylic acids is 2. The van der Waals surface area contributed by atoms with Crippen molar-refractivity contribution in [1.82, 2.24) is 14.8 Å². The molecule has 1 rings (SSSR count). The Balaban J connectivity index is 3.10. The molecule has 1 aromatic heterocycles. The standard InChI is InChI=1S/C22H34N4O2/c1-9-25(14-20(27)24-22(6,7)8)21(28)19(12-23)11-18-10-16(4)26(17(18)5)13-15(2)3/h10-11,15H,9,13-14H2,1-8H3,(H,24,27)/b19-11+. The lowest BCUT2D eigenvalue weighted by Gasteiger charge is -2.24. The summed E-state index contributed by atoms with van der Waals surface area (Å²) >= 11 is 0. The maximum Gasteiger partial charge on any atom is 0.264 e. The first-order chi connectivity index (χ1) is 12.9. The summed E-state index contributed by atoms with van der Waals surface area (Å²) in [5.41, 5.74) is 2.65. The van der Waals surface area contributed by atoms with E-state index < -0.39 is 5.91 Å². The topological polar surface area (TPSA) is 78.1 Å². The second kappa shape index (κ2) is 9.59. The maximum atomic E-state index is 12.8. The monoisotopic (exact) mass is 386 g/mol. The second-order valence-electron chi connectivity index (χ2n) is 8.62. The van der Waals surface area contributed by atoms with Crippen LogP contribution >= 0.6 is 0 Å². The molecule has 28 heavy (non-hydrogen) atoms. The van der Waals surface area contributed by atoms with Crippen molar-refractivity contribution in [3.63, 3.8) is 0 Å². The van der Waals surface area contributed by atoms with Crippen LogP contribution in [0.4, 0.5) is 0 Å². The number of hydrogen-bond donors (Lipinski definition) is 1. The van der Waals surface area contributed by atoms with Gasteiger partial charge in [0.15, 0.2) is 0 Å². The van der Waals surface area contributed by atoms with Crippen LogP contribution in [-0.4, -0.2) is 39.9 Å². The SMILES string of the molecule is CCN(CC(=O)NC(C)(C)C)C(=O)/C(C#N)=C/c1cc(C)n(CC(C)C)c1C. The predicted molar refractivity (Wildman–Crippen MR) is 112 cm³/mol. The van der Waals surface area contributed by atoms with Crippen LogP contribution in [0, 0.1) is 31.1 Å². The average Bonchev–Trinajstić information content (AvgIpc) is 2.82. The highest BCUT2D eigenvalue weighted by atomic mass is 16.2. The molecule has 0 spiro atoms. The Morgan fingerprint density at radius 1 is 1.32 bits per heavy atom. The molecule has 0 bridgehead atoms. The molecule has 1 aromatic rings. The minimum absolute atomic E-state index is 0.0372. The van der Waals surface area contributed by atoms with E-state index >= 15 is 0 Å². The van der Waals surface area contributed by atoms with E-state index in [0.717, 1.165) is 23.5 Å². The molecule has 0 unspecified atom stereocenters. The number of amides is 2. The molecule has 0 aliphatic rings. The third-order valence-electron chi connectivity index (χ3n) is 4.33. The molecular weight excluding hydrogens is 352 g/mol. The van der Waals surface area contributed by atoms with Crippen LogP contribution in [0.2, 0.25) is 0 Å². The Morgan fingerprint density at radius 3 is 2.39 bits per heavy atom. The van der Waals surface area contributed by atoms with Gasteiger partial charge in [0.1, 0.15) is 11.6 Å². The van der Waals surface area contributed by atoms with E-state index in [4.69, 9.17) is 0 Å². The summed E-state index contributed by atoms with van der Waals surface area (Å²) in [6.45, 7) is 16.9.